The fraction of sp³-hybridized carbons (Fsp3) is 0.200. The zero-order valence-electron chi connectivity index (χ0n) is 15.0. The average Bonchev–Trinajstić information content (AvgIpc) is 2.90. The van der Waals surface area contributed by atoms with Crippen molar-refractivity contribution in [2.75, 3.05) is 6.54 Å². The molecular formula is C20H17BrI2N2O2S. The standard InChI is InChI=1S/C20H17BrI2N2O2S/c1-2-7-25-19(26)17(24-20(25)28)10-13-8-15(22)18(16(23)9-13)27-11-12-3-5-14(21)6-4-12/h3-6,8-10H,2,7,11H2,1H3,(H,24,28)/b17-10-. The number of amides is 1. The van der Waals surface area contributed by atoms with Crippen molar-refractivity contribution in [2.45, 2.75) is 20.0 Å². The predicted octanol–water partition coefficient (Wildman–Crippen LogP) is 5.70. The fourth-order valence-corrected chi connectivity index (χ4v) is 5.38. The number of ether oxygens (including phenoxy) is 1. The van der Waals surface area contributed by atoms with Crippen LogP contribution in [0.3, 0.4) is 0 Å². The first-order valence-corrected chi connectivity index (χ1v) is 12.0. The van der Waals surface area contributed by atoms with Crippen LogP contribution in [0.2, 0.25) is 0 Å². The third-order valence-electron chi connectivity index (χ3n) is 4.04. The summed E-state index contributed by atoms with van der Waals surface area (Å²) in [6, 6.07) is 12.1. The quantitative estimate of drug-likeness (QED) is 0.241. The average molecular weight is 683 g/mol. The van der Waals surface area contributed by atoms with Gasteiger partial charge in [-0.15, -0.1) is 0 Å². The lowest BCUT2D eigenvalue weighted by Gasteiger charge is -2.12. The van der Waals surface area contributed by atoms with Crippen LogP contribution in [0, 0.1) is 7.14 Å². The van der Waals surface area contributed by atoms with Crippen LogP contribution in [-0.2, 0) is 11.4 Å². The minimum atomic E-state index is -0.0765. The molecule has 0 bridgehead atoms. The van der Waals surface area contributed by atoms with Crippen LogP contribution in [0.25, 0.3) is 6.08 Å². The lowest BCUT2D eigenvalue weighted by atomic mass is 10.2. The molecule has 8 heteroatoms. The molecule has 2 aromatic carbocycles. The zero-order valence-corrected chi connectivity index (χ0v) is 21.7. The molecule has 0 saturated carbocycles. The van der Waals surface area contributed by atoms with Crippen molar-refractivity contribution in [1.82, 2.24) is 10.2 Å². The molecule has 1 N–H and O–H groups in total. The van der Waals surface area contributed by atoms with Gasteiger partial charge in [-0.3, -0.25) is 9.69 Å². The Labute approximate surface area is 205 Å². The van der Waals surface area contributed by atoms with Crippen LogP contribution in [-0.4, -0.2) is 22.5 Å². The molecule has 1 fully saturated rings. The van der Waals surface area contributed by atoms with E-state index in [0.717, 1.165) is 34.9 Å². The van der Waals surface area contributed by atoms with Crippen molar-refractivity contribution in [3.05, 3.63) is 64.8 Å². The van der Waals surface area contributed by atoms with Gasteiger partial charge < -0.3 is 10.1 Å². The highest BCUT2D eigenvalue weighted by molar-refractivity contribution is 14.1. The maximum absolute atomic E-state index is 12.5. The molecule has 3 rings (SSSR count). The van der Waals surface area contributed by atoms with E-state index in [-0.39, 0.29) is 5.91 Å². The van der Waals surface area contributed by atoms with Gasteiger partial charge in [-0.1, -0.05) is 35.0 Å². The summed E-state index contributed by atoms with van der Waals surface area (Å²) in [6.07, 6.45) is 2.70. The topological polar surface area (TPSA) is 41.6 Å². The summed E-state index contributed by atoms with van der Waals surface area (Å²) in [5.41, 5.74) is 2.54. The zero-order chi connectivity index (χ0) is 20.3. The lowest BCUT2D eigenvalue weighted by Crippen LogP contribution is -2.31. The highest BCUT2D eigenvalue weighted by Gasteiger charge is 2.29. The number of hydrogen-bond acceptors (Lipinski definition) is 3. The van der Waals surface area contributed by atoms with Gasteiger partial charge in [0.05, 0.1) is 7.14 Å². The van der Waals surface area contributed by atoms with Crippen molar-refractivity contribution in [2.24, 2.45) is 0 Å². The van der Waals surface area contributed by atoms with E-state index in [1.54, 1.807) is 4.90 Å². The second kappa shape index (κ2) is 9.86. The largest absolute Gasteiger partial charge is 0.487 e. The van der Waals surface area contributed by atoms with Crippen molar-refractivity contribution in [3.8, 4) is 5.75 Å². The molecule has 28 heavy (non-hydrogen) atoms. The van der Waals surface area contributed by atoms with E-state index in [1.807, 2.05) is 49.4 Å². The van der Waals surface area contributed by atoms with Gasteiger partial charge in [0.1, 0.15) is 18.1 Å². The number of nitrogens with one attached hydrogen (secondary N) is 1. The summed E-state index contributed by atoms with van der Waals surface area (Å²) in [5, 5.41) is 3.49. The molecule has 0 spiro atoms. The summed E-state index contributed by atoms with van der Waals surface area (Å²) < 4.78 is 9.07. The van der Waals surface area contributed by atoms with E-state index < -0.39 is 0 Å². The van der Waals surface area contributed by atoms with Crippen molar-refractivity contribution < 1.29 is 9.53 Å². The van der Waals surface area contributed by atoms with E-state index in [9.17, 15) is 4.79 Å². The molecule has 1 aliphatic rings. The van der Waals surface area contributed by atoms with Crippen molar-refractivity contribution >= 4 is 90.4 Å². The van der Waals surface area contributed by atoms with E-state index in [2.05, 4.69) is 66.4 Å². The Bertz CT molecular complexity index is 925. The smallest absolute Gasteiger partial charge is 0.276 e. The van der Waals surface area contributed by atoms with Gasteiger partial charge in [-0.2, -0.15) is 0 Å². The van der Waals surface area contributed by atoms with E-state index in [4.69, 9.17) is 17.0 Å². The molecule has 0 aliphatic carbocycles. The number of thiocarbonyl (C=S) groups is 1. The fourth-order valence-electron chi connectivity index (χ4n) is 2.70. The first-order chi connectivity index (χ1) is 13.4. The number of benzene rings is 2. The van der Waals surface area contributed by atoms with Crippen LogP contribution in [0.1, 0.15) is 24.5 Å². The van der Waals surface area contributed by atoms with Gasteiger partial charge in [0.25, 0.3) is 5.91 Å². The highest BCUT2D eigenvalue weighted by Crippen LogP contribution is 2.31. The van der Waals surface area contributed by atoms with Gasteiger partial charge in [0.2, 0.25) is 0 Å². The summed E-state index contributed by atoms with van der Waals surface area (Å²) in [4.78, 5) is 14.1. The third kappa shape index (κ3) is 5.25. The van der Waals surface area contributed by atoms with Gasteiger partial charge in [-0.05, 0) is 105 Å². The van der Waals surface area contributed by atoms with Crippen LogP contribution in [0.15, 0.2) is 46.6 Å². The second-order valence-electron chi connectivity index (χ2n) is 6.17. The normalized spacial score (nSPS) is 15.3. The highest BCUT2D eigenvalue weighted by atomic mass is 127. The summed E-state index contributed by atoms with van der Waals surface area (Å²) in [6.45, 7) is 3.15. The van der Waals surface area contributed by atoms with Gasteiger partial charge >= 0.3 is 0 Å². The molecule has 2 aromatic rings. The Morgan fingerprint density at radius 3 is 2.46 bits per heavy atom. The molecule has 1 heterocycles. The molecule has 146 valence electrons. The number of hydrogen-bond donors (Lipinski definition) is 1. The molecule has 4 nitrogen and oxygen atoms in total. The molecule has 1 aliphatic heterocycles. The monoisotopic (exact) mass is 682 g/mol. The van der Waals surface area contributed by atoms with Gasteiger partial charge in [-0.25, -0.2) is 0 Å². The Morgan fingerprint density at radius 1 is 1.21 bits per heavy atom. The van der Waals surface area contributed by atoms with E-state index >= 15 is 0 Å². The Hall–Kier alpha value is -0.720. The Balaban J connectivity index is 1.77. The molecule has 1 saturated heterocycles. The van der Waals surface area contributed by atoms with Crippen LogP contribution in [0.4, 0.5) is 0 Å². The van der Waals surface area contributed by atoms with Crippen molar-refractivity contribution in [3.63, 3.8) is 0 Å². The number of carbonyl (C=O) groups excluding carboxylic acids is 1. The second-order valence-corrected chi connectivity index (χ2v) is 9.80. The Kier molecular flexibility index (Phi) is 7.74. The number of carbonyl (C=O) groups is 1. The van der Waals surface area contributed by atoms with E-state index in [1.165, 1.54) is 0 Å². The van der Waals surface area contributed by atoms with Gasteiger partial charge in [0.15, 0.2) is 5.11 Å². The van der Waals surface area contributed by atoms with E-state index in [0.29, 0.717) is 24.0 Å². The predicted molar refractivity (Wildman–Crippen MR) is 136 cm³/mol. The van der Waals surface area contributed by atoms with Gasteiger partial charge in [0, 0.05) is 11.0 Å². The minimum Gasteiger partial charge on any atom is -0.487 e. The maximum atomic E-state index is 12.5. The first kappa shape index (κ1) is 22.0. The number of halogens is 3. The number of nitrogens with zero attached hydrogens (tertiary/aromatic N) is 1. The number of rotatable bonds is 6. The summed E-state index contributed by atoms with van der Waals surface area (Å²) >= 11 is 13.2. The van der Waals surface area contributed by atoms with Crippen LogP contribution in [0.5, 0.6) is 5.75 Å². The molecule has 0 aromatic heterocycles. The van der Waals surface area contributed by atoms with Crippen LogP contribution >= 0.6 is 73.3 Å². The maximum Gasteiger partial charge on any atom is 0.276 e. The van der Waals surface area contributed by atoms with Crippen molar-refractivity contribution in [1.29, 1.82) is 0 Å². The summed E-state index contributed by atoms with van der Waals surface area (Å²) in [7, 11) is 0. The molecular weight excluding hydrogens is 666 g/mol. The molecule has 0 unspecified atom stereocenters. The third-order valence-corrected chi connectivity index (χ3v) is 6.49. The SMILES string of the molecule is CCCN1C(=O)/C(=C/c2cc(I)c(OCc3ccc(Br)cc3)c(I)c2)NC1=S. The molecule has 1 amide bonds. The molecule has 0 radical (unpaired) electrons. The minimum absolute atomic E-state index is 0.0765. The molecule has 0 atom stereocenters. The summed E-state index contributed by atoms with van der Waals surface area (Å²) in [5.74, 6) is 0.771. The lowest BCUT2D eigenvalue weighted by molar-refractivity contribution is -0.122. The Morgan fingerprint density at radius 2 is 1.86 bits per heavy atom. The first-order valence-electron chi connectivity index (χ1n) is 8.60. The van der Waals surface area contributed by atoms with Crippen LogP contribution < -0.4 is 10.1 Å².